The SMILES string of the molecule is CCC(Cc1ccc(CP(=O)(O)O)cc1)C(N)=O. The van der Waals surface area contributed by atoms with Crippen molar-refractivity contribution in [3.8, 4) is 0 Å². The molecule has 1 aromatic carbocycles. The number of nitrogens with two attached hydrogens (primary N) is 1. The van der Waals surface area contributed by atoms with Crippen molar-refractivity contribution in [2.75, 3.05) is 0 Å². The normalized spacial score (nSPS) is 13.3. The molecule has 1 amide bonds. The van der Waals surface area contributed by atoms with E-state index in [4.69, 9.17) is 15.5 Å². The zero-order valence-corrected chi connectivity index (χ0v) is 11.1. The molecule has 6 heteroatoms. The van der Waals surface area contributed by atoms with Crippen LogP contribution in [0, 0.1) is 5.92 Å². The Labute approximate surface area is 106 Å². The van der Waals surface area contributed by atoms with E-state index in [0.717, 1.165) is 5.56 Å². The Bertz CT molecular complexity index is 452. The van der Waals surface area contributed by atoms with Crippen molar-refractivity contribution in [3.05, 3.63) is 35.4 Å². The minimum absolute atomic E-state index is 0.197. The number of rotatable bonds is 6. The summed E-state index contributed by atoms with van der Waals surface area (Å²) in [6.45, 7) is 1.90. The molecule has 18 heavy (non-hydrogen) atoms. The third kappa shape index (κ3) is 5.00. The molecular formula is C12H18NO4P. The molecule has 0 bridgehead atoms. The molecule has 0 radical (unpaired) electrons. The van der Waals surface area contributed by atoms with Crippen LogP contribution in [0.15, 0.2) is 24.3 Å². The number of amides is 1. The monoisotopic (exact) mass is 271 g/mol. The highest BCUT2D eigenvalue weighted by Crippen LogP contribution is 2.38. The van der Waals surface area contributed by atoms with Gasteiger partial charge in [0.1, 0.15) is 0 Å². The van der Waals surface area contributed by atoms with Gasteiger partial charge < -0.3 is 15.5 Å². The van der Waals surface area contributed by atoms with Gasteiger partial charge in [-0.1, -0.05) is 31.2 Å². The summed E-state index contributed by atoms with van der Waals surface area (Å²) in [5.74, 6) is -0.519. The average molecular weight is 271 g/mol. The molecule has 4 N–H and O–H groups in total. The zero-order chi connectivity index (χ0) is 13.8. The molecule has 1 atom stereocenters. The Morgan fingerprint density at radius 3 is 2.17 bits per heavy atom. The van der Waals surface area contributed by atoms with E-state index in [2.05, 4.69) is 0 Å². The highest BCUT2D eigenvalue weighted by atomic mass is 31.2. The number of carbonyl (C=O) groups excluding carboxylic acids is 1. The van der Waals surface area contributed by atoms with E-state index in [1.54, 1.807) is 24.3 Å². The Hall–Kier alpha value is -1.16. The molecule has 0 aromatic heterocycles. The highest BCUT2D eigenvalue weighted by Gasteiger charge is 2.15. The summed E-state index contributed by atoms with van der Waals surface area (Å²) in [6.07, 6.45) is 0.974. The molecule has 0 saturated heterocycles. The smallest absolute Gasteiger partial charge is 0.329 e. The fraction of sp³-hybridized carbons (Fsp3) is 0.417. The summed E-state index contributed by atoms with van der Waals surface area (Å²) < 4.78 is 10.8. The van der Waals surface area contributed by atoms with E-state index in [0.29, 0.717) is 18.4 Å². The van der Waals surface area contributed by atoms with Gasteiger partial charge in [0, 0.05) is 5.92 Å². The maximum Gasteiger partial charge on any atom is 0.329 e. The second kappa shape index (κ2) is 6.14. The summed E-state index contributed by atoms with van der Waals surface area (Å²) >= 11 is 0. The molecule has 100 valence electrons. The van der Waals surface area contributed by atoms with Crippen LogP contribution in [0.3, 0.4) is 0 Å². The molecule has 0 fully saturated rings. The lowest BCUT2D eigenvalue weighted by molar-refractivity contribution is -0.121. The maximum atomic E-state index is 11.1. The van der Waals surface area contributed by atoms with Crippen LogP contribution in [-0.4, -0.2) is 15.7 Å². The molecule has 5 nitrogen and oxygen atoms in total. The number of primary amides is 1. The Balaban J connectivity index is 2.71. The second-order valence-electron chi connectivity index (χ2n) is 4.35. The van der Waals surface area contributed by atoms with Crippen LogP contribution in [0.5, 0.6) is 0 Å². The highest BCUT2D eigenvalue weighted by molar-refractivity contribution is 7.50. The first-order valence-corrected chi connectivity index (χ1v) is 7.53. The van der Waals surface area contributed by atoms with E-state index in [1.165, 1.54) is 0 Å². The largest absolute Gasteiger partial charge is 0.369 e. The molecule has 0 aliphatic carbocycles. The van der Waals surface area contributed by atoms with Crippen LogP contribution >= 0.6 is 7.60 Å². The van der Waals surface area contributed by atoms with E-state index in [-0.39, 0.29) is 18.0 Å². The summed E-state index contributed by atoms with van der Waals surface area (Å²) in [4.78, 5) is 28.8. The van der Waals surface area contributed by atoms with Crippen LogP contribution in [0.4, 0.5) is 0 Å². The average Bonchev–Trinajstić information content (AvgIpc) is 2.25. The van der Waals surface area contributed by atoms with Gasteiger partial charge in [0.2, 0.25) is 5.91 Å². The Kier molecular flexibility index (Phi) is 5.08. The predicted molar refractivity (Wildman–Crippen MR) is 68.9 cm³/mol. The molecule has 1 unspecified atom stereocenters. The zero-order valence-electron chi connectivity index (χ0n) is 10.2. The Morgan fingerprint density at radius 1 is 1.28 bits per heavy atom. The van der Waals surface area contributed by atoms with Gasteiger partial charge in [-0.05, 0) is 24.0 Å². The number of benzene rings is 1. The van der Waals surface area contributed by atoms with E-state index < -0.39 is 7.60 Å². The fourth-order valence-corrected chi connectivity index (χ4v) is 2.44. The van der Waals surface area contributed by atoms with Crippen molar-refractivity contribution in [3.63, 3.8) is 0 Å². The molecular weight excluding hydrogens is 253 g/mol. The molecule has 0 heterocycles. The van der Waals surface area contributed by atoms with Gasteiger partial charge in [-0.3, -0.25) is 9.36 Å². The van der Waals surface area contributed by atoms with Gasteiger partial charge >= 0.3 is 7.60 Å². The van der Waals surface area contributed by atoms with E-state index >= 15 is 0 Å². The first-order chi connectivity index (χ1) is 8.31. The van der Waals surface area contributed by atoms with Gasteiger partial charge in [-0.15, -0.1) is 0 Å². The first kappa shape index (κ1) is 14.9. The molecule has 0 saturated carbocycles. The number of carbonyl (C=O) groups is 1. The molecule has 1 rings (SSSR count). The summed E-state index contributed by atoms with van der Waals surface area (Å²) in [7, 11) is -4.03. The molecule has 1 aromatic rings. The van der Waals surface area contributed by atoms with Crippen LogP contribution in [0.1, 0.15) is 24.5 Å². The predicted octanol–water partition coefficient (Wildman–Crippen LogP) is 1.42. The van der Waals surface area contributed by atoms with Gasteiger partial charge in [0.15, 0.2) is 0 Å². The van der Waals surface area contributed by atoms with E-state index in [1.807, 2.05) is 6.92 Å². The van der Waals surface area contributed by atoms with Crippen molar-refractivity contribution >= 4 is 13.5 Å². The van der Waals surface area contributed by atoms with Crippen molar-refractivity contribution in [1.29, 1.82) is 0 Å². The molecule has 0 aliphatic rings. The minimum atomic E-state index is -4.03. The van der Waals surface area contributed by atoms with Crippen LogP contribution in [0.2, 0.25) is 0 Å². The Morgan fingerprint density at radius 2 is 1.78 bits per heavy atom. The third-order valence-electron chi connectivity index (χ3n) is 2.79. The quantitative estimate of drug-likeness (QED) is 0.681. The lowest BCUT2D eigenvalue weighted by Crippen LogP contribution is -2.24. The van der Waals surface area contributed by atoms with Crippen LogP contribution in [0.25, 0.3) is 0 Å². The van der Waals surface area contributed by atoms with Crippen molar-refractivity contribution in [2.45, 2.75) is 25.9 Å². The topological polar surface area (TPSA) is 101 Å². The maximum absolute atomic E-state index is 11.1. The minimum Gasteiger partial charge on any atom is -0.369 e. The summed E-state index contributed by atoms with van der Waals surface area (Å²) in [5.41, 5.74) is 6.79. The third-order valence-corrected chi connectivity index (χ3v) is 3.57. The summed E-state index contributed by atoms with van der Waals surface area (Å²) in [5, 5.41) is 0. The second-order valence-corrected chi connectivity index (χ2v) is 6.00. The molecule has 0 spiro atoms. The van der Waals surface area contributed by atoms with Crippen LogP contribution < -0.4 is 5.73 Å². The van der Waals surface area contributed by atoms with Gasteiger partial charge in [0.25, 0.3) is 0 Å². The number of hydrogen-bond donors (Lipinski definition) is 3. The van der Waals surface area contributed by atoms with Gasteiger partial charge in [-0.25, -0.2) is 0 Å². The standard InChI is InChI=1S/C12H18NO4P/c1-2-11(12(13)14)7-9-3-5-10(6-4-9)8-18(15,16)17/h3-6,11H,2,7-8H2,1H3,(H2,13,14)(H2,15,16,17). The van der Waals surface area contributed by atoms with Gasteiger partial charge in [0.05, 0.1) is 6.16 Å². The lowest BCUT2D eigenvalue weighted by Gasteiger charge is -2.11. The molecule has 0 aliphatic heterocycles. The van der Waals surface area contributed by atoms with Crippen molar-refractivity contribution in [1.82, 2.24) is 0 Å². The lowest BCUT2D eigenvalue weighted by atomic mass is 9.96. The number of hydrogen-bond acceptors (Lipinski definition) is 2. The van der Waals surface area contributed by atoms with Gasteiger partial charge in [-0.2, -0.15) is 0 Å². The van der Waals surface area contributed by atoms with Crippen molar-refractivity contribution < 1.29 is 19.1 Å². The fourth-order valence-electron chi connectivity index (χ4n) is 1.75. The van der Waals surface area contributed by atoms with Crippen molar-refractivity contribution in [2.24, 2.45) is 11.7 Å². The van der Waals surface area contributed by atoms with Crippen LogP contribution in [-0.2, 0) is 21.9 Å². The van der Waals surface area contributed by atoms with E-state index in [9.17, 15) is 9.36 Å². The first-order valence-electron chi connectivity index (χ1n) is 5.73. The summed E-state index contributed by atoms with van der Waals surface area (Å²) in [6, 6.07) is 6.89.